The number of fused-ring (bicyclic) bond motifs is 1. The Morgan fingerprint density at radius 1 is 1.32 bits per heavy atom. The Morgan fingerprint density at radius 3 is 2.82 bits per heavy atom. The predicted octanol–water partition coefficient (Wildman–Crippen LogP) is 1.12. The second kappa shape index (κ2) is 7.65. The monoisotopic (exact) mass is 404 g/mol. The summed E-state index contributed by atoms with van der Waals surface area (Å²) in [4.78, 5) is 25.4. The van der Waals surface area contributed by atoms with Crippen LogP contribution in [-0.4, -0.2) is 77.8 Å². The highest BCUT2D eigenvalue weighted by Gasteiger charge is 2.53. The third kappa shape index (κ3) is 3.23. The van der Waals surface area contributed by atoms with Crippen molar-refractivity contribution in [3.05, 3.63) is 34.5 Å². The van der Waals surface area contributed by atoms with Crippen LogP contribution in [0.4, 0.5) is 0 Å². The third-order valence-corrected chi connectivity index (χ3v) is 6.41. The quantitative estimate of drug-likeness (QED) is 0.772. The molecule has 0 aromatic carbocycles. The molecule has 8 nitrogen and oxygen atoms in total. The van der Waals surface area contributed by atoms with E-state index >= 15 is 0 Å². The van der Waals surface area contributed by atoms with Gasteiger partial charge in [-0.05, 0) is 5.92 Å². The molecule has 0 aliphatic carbocycles. The first-order chi connectivity index (χ1) is 13.6. The number of hydrogen-bond acceptors (Lipinski definition) is 8. The smallest absolute Gasteiger partial charge is 0.273 e. The lowest BCUT2D eigenvalue weighted by Gasteiger charge is -2.27. The van der Waals surface area contributed by atoms with Gasteiger partial charge in [0.05, 0.1) is 26.3 Å². The van der Waals surface area contributed by atoms with Gasteiger partial charge in [-0.3, -0.25) is 14.7 Å². The van der Waals surface area contributed by atoms with Crippen molar-refractivity contribution in [2.45, 2.75) is 6.54 Å². The summed E-state index contributed by atoms with van der Waals surface area (Å²) in [7, 11) is 3.22. The number of aliphatic hydroxyl groups excluding tert-OH is 1. The first-order valence-corrected chi connectivity index (χ1v) is 10.1. The van der Waals surface area contributed by atoms with Crippen molar-refractivity contribution in [1.82, 2.24) is 19.8 Å². The normalized spacial score (nSPS) is 24.4. The van der Waals surface area contributed by atoms with Crippen molar-refractivity contribution < 1.29 is 19.4 Å². The summed E-state index contributed by atoms with van der Waals surface area (Å²) >= 11 is 1.42. The maximum atomic E-state index is 12.7. The van der Waals surface area contributed by atoms with E-state index < -0.39 is 0 Å². The molecule has 150 valence electrons. The zero-order chi connectivity index (χ0) is 19.7. The number of nitrogens with zero attached hydrogens (tertiary/aromatic N) is 4. The van der Waals surface area contributed by atoms with Crippen molar-refractivity contribution in [2.24, 2.45) is 11.3 Å². The Labute approximate surface area is 167 Å². The second-order valence-corrected chi connectivity index (χ2v) is 8.16. The largest absolute Gasteiger partial charge is 0.493 e. The fraction of sp³-hybridized carbons (Fsp3) is 0.526. The van der Waals surface area contributed by atoms with Gasteiger partial charge in [0.25, 0.3) is 5.91 Å². The lowest BCUT2D eigenvalue weighted by atomic mass is 9.82. The van der Waals surface area contributed by atoms with Gasteiger partial charge in [0, 0.05) is 55.8 Å². The lowest BCUT2D eigenvalue weighted by molar-refractivity contribution is 0.0713. The van der Waals surface area contributed by atoms with Gasteiger partial charge >= 0.3 is 0 Å². The van der Waals surface area contributed by atoms with E-state index in [1.54, 1.807) is 37.4 Å². The van der Waals surface area contributed by atoms with E-state index in [9.17, 15) is 9.90 Å². The number of aliphatic hydroxyl groups is 1. The number of rotatable bonds is 6. The van der Waals surface area contributed by atoms with E-state index in [0.29, 0.717) is 43.4 Å². The lowest BCUT2D eigenvalue weighted by Crippen LogP contribution is -2.39. The summed E-state index contributed by atoms with van der Waals surface area (Å²) in [5.41, 5.74) is 2.66. The molecular formula is C19H24N4O4S. The second-order valence-electron chi connectivity index (χ2n) is 7.44. The number of hydrogen-bond donors (Lipinski definition) is 1. The van der Waals surface area contributed by atoms with Crippen LogP contribution in [0.3, 0.4) is 0 Å². The molecular weight excluding hydrogens is 380 g/mol. The minimum Gasteiger partial charge on any atom is -0.493 e. The number of carbonyl (C=O) groups excluding carboxylic acids is 1. The number of aromatic nitrogens is 2. The number of carbonyl (C=O) groups is 1. The van der Waals surface area contributed by atoms with Crippen LogP contribution >= 0.6 is 11.3 Å². The minimum absolute atomic E-state index is 0.0499. The van der Waals surface area contributed by atoms with E-state index in [0.717, 1.165) is 12.2 Å². The molecule has 1 N–H and O–H groups in total. The summed E-state index contributed by atoms with van der Waals surface area (Å²) in [6, 6.07) is 1.78. The van der Waals surface area contributed by atoms with E-state index in [-0.39, 0.29) is 23.8 Å². The molecule has 2 aromatic rings. The number of methoxy groups -OCH3 is 2. The molecule has 2 atom stereocenters. The SMILES string of the molecule is COc1ccnc(CN2C[C@H]3CN(C(=O)c4cscn4)C[C@@]3(CO)C2)c1OC. The zero-order valence-electron chi connectivity index (χ0n) is 16.0. The molecule has 2 aliphatic heterocycles. The van der Waals surface area contributed by atoms with Gasteiger partial charge in [-0.2, -0.15) is 0 Å². The highest BCUT2D eigenvalue weighted by molar-refractivity contribution is 7.07. The van der Waals surface area contributed by atoms with Crippen molar-refractivity contribution in [3.8, 4) is 11.5 Å². The van der Waals surface area contributed by atoms with Crippen LogP contribution in [0, 0.1) is 11.3 Å². The molecule has 1 amide bonds. The predicted molar refractivity (Wildman–Crippen MR) is 104 cm³/mol. The van der Waals surface area contributed by atoms with Crippen LogP contribution in [0.1, 0.15) is 16.2 Å². The van der Waals surface area contributed by atoms with E-state index in [4.69, 9.17) is 9.47 Å². The van der Waals surface area contributed by atoms with E-state index in [1.807, 2.05) is 4.90 Å². The summed E-state index contributed by atoms with van der Waals surface area (Å²) < 4.78 is 10.9. The molecule has 0 bridgehead atoms. The Kier molecular flexibility index (Phi) is 5.22. The molecule has 2 fully saturated rings. The molecule has 0 radical (unpaired) electrons. The fourth-order valence-corrected chi connectivity index (χ4v) is 4.97. The Hall–Kier alpha value is -2.23. The van der Waals surface area contributed by atoms with Gasteiger partial charge in [0.1, 0.15) is 11.4 Å². The fourth-order valence-electron chi connectivity index (χ4n) is 4.44. The van der Waals surface area contributed by atoms with Gasteiger partial charge in [-0.25, -0.2) is 4.98 Å². The molecule has 0 unspecified atom stereocenters. The molecule has 4 heterocycles. The summed E-state index contributed by atoms with van der Waals surface area (Å²) in [5, 5.41) is 12.0. The molecule has 28 heavy (non-hydrogen) atoms. The van der Waals surface area contributed by atoms with Gasteiger partial charge < -0.3 is 19.5 Å². The molecule has 0 saturated carbocycles. The molecule has 9 heteroatoms. The van der Waals surface area contributed by atoms with Crippen LogP contribution in [0.15, 0.2) is 23.2 Å². The minimum atomic E-state index is -0.308. The van der Waals surface area contributed by atoms with Gasteiger partial charge in [0.2, 0.25) is 0 Å². The zero-order valence-corrected chi connectivity index (χ0v) is 16.8. The number of pyridine rings is 1. The highest BCUT2D eigenvalue weighted by atomic mass is 32.1. The van der Waals surface area contributed by atoms with Crippen LogP contribution in [0.5, 0.6) is 11.5 Å². The van der Waals surface area contributed by atoms with Crippen molar-refractivity contribution in [2.75, 3.05) is 47.0 Å². The standard InChI is InChI=1S/C19H24N4O4S/c1-26-16-3-4-20-14(17(16)27-2)7-22-5-13-6-23(10-19(13,9-22)11-24)18(25)15-8-28-12-21-15/h3-4,8,12-13,24H,5-7,9-11H2,1-2H3/t13-,19+/m0/s1. The maximum Gasteiger partial charge on any atom is 0.273 e. The average molecular weight is 404 g/mol. The van der Waals surface area contributed by atoms with Gasteiger partial charge in [-0.1, -0.05) is 0 Å². The van der Waals surface area contributed by atoms with E-state index in [1.165, 1.54) is 11.3 Å². The van der Waals surface area contributed by atoms with Crippen molar-refractivity contribution in [1.29, 1.82) is 0 Å². The highest BCUT2D eigenvalue weighted by Crippen LogP contribution is 2.43. The van der Waals surface area contributed by atoms with Crippen LogP contribution in [0.2, 0.25) is 0 Å². The van der Waals surface area contributed by atoms with Crippen LogP contribution in [-0.2, 0) is 6.54 Å². The molecule has 2 aliphatic rings. The third-order valence-electron chi connectivity index (χ3n) is 5.82. The van der Waals surface area contributed by atoms with Crippen LogP contribution in [0.25, 0.3) is 0 Å². The summed E-state index contributed by atoms with van der Waals surface area (Å²) in [6.45, 7) is 3.34. The van der Waals surface area contributed by atoms with Gasteiger partial charge in [-0.15, -0.1) is 11.3 Å². The molecule has 0 spiro atoms. The van der Waals surface area contributed by atoms with E-state index in [2.05, 4.69) is 14.9 Å². The topological polar surface area (TPSA) is 88.0 Å². The Bertz CT molecular complexity index is 846. The number of likely N-dealkylation sites (tertiary alicyclic amines) is 2. The number of amides is 1. The van der Waals surface area contributed by atoms with Gasteiger partial charge in [0.15, 0.2) is 11.5 Å². The van der Waals surface area contributed by atoms with Crippen LogP contribution < -0.4 is 9.47 Å². The molecule has 4 rings (SSSR count). The van der Waals surface area contributed by atoms with Crippen molar-refractivity contribution in [3.63, 3.8) is 0 Å². The first-order valence-electron chi connectivity index (χ1n) is 9.16. The first kappa shape index (κ1) is 19.1. The Balaban J connectivity index is 1.48. The Morgan fingerprint density at radius 2 is 2.18 bits per heavy atom. The van der Waals surface area contributed by atoms with Crippen molar-refractivity contribution >= 4 is 17.2 Å². The number of thiazole rings is 1. The average Bonchev–Trinajstić information content (AvgIpc) is 3.42. The molecule has 2 aromatic heterocycles. The summed E-state index contributed by atoms with van der Waals surface area (Å²) in [5.74, 6) is 1.46. The molecule has 2 saturated heterocycles. The maximum absolute atomic E-state index is 12.7. The summed E-state index contributed by atoms with van der Waals surface area (Å²) in [6.07, 6.45) is 1.71. The number of ether oxygens (including phenoxy) is 2.